The van der Waals surface area contributed by atoms with Gasteiger partial charge in [0.1, 0.15) is 18.1 Å². The van der Waals surface area contributed by atoms with Crippen molar-refractivity contribution in [2.45, 2.75) is 33.5 Å². The molecule has 1 N–H and O–H groups in total. The van der Waals surface area contributed by atoms with Gasteiger partial charge in [0.2, 0.25) is 0 Å². The molecule has 2 aromatic carbocycles. The fourth-order valence-corrected chi connectivity index (χ4v) is 3.19. The molecule has 1 amide bonds. The van der Waals surface area contributed by atoms with Crippen LogP contribution in [0.3, 0.4) is 0 Å². The molecule has 7 nitrogen and oxygen atoms in total. The summed E-state index contributed by atoms with van der Waals surface area (Å²) < 4.78 is 12.8. The smallest absolute Gasteiger partial charge is 0.251 e. The second-order valence-electron chi connectivity index (χ2n) is 7.32. The van der Waals surface area contributed by atoms with Crippen LogP contribution < -0.4 is 10.1 Å². The molecule has 4 aromatic rings. The van der Waals surface area contributed by atoms with Crippen LogP contribution >= 0.6 is 0 Å². The lowest BCUT2D eigenvalue weighted by atomic mass is 10.1. The zero-order valence-corrected chi connectivity index (χ0v) is 17.5. The second-order valence-corrected chi connectivity index (χ2v) is 7.32. The third-order valence-corrected chi connectivity index (χ3v) is 5.06. The Morgan fingerprint density at radius 1 is 1.06 bits per heavy atom. The average Bonchev–Trinajstić information content (AvgIpc) is 3.41. The Kier molecular flexibility index (Phi) is 6.12. The maximum Gasteiger partial charge on any atom is 0.251 e. The van der Waals surface area contributed by atoms with Crippen molar-refractivity contribution in [1.29, 1.82) is 0 Å². The van der Waals surface area contributed by atoms with E-state index in [1.54, 1.807) is 30.5 Å². The molecule has 0 radical (unpaired) electrons. The fraction of sp³-hybridized carbons (Fsp3) is 0.208. The summed E-state index contributed by atoms with van der Waals surface area (Å²) in [5.41, 5.74) is 4.54. The van der Waals surface area contributed by atoms with Gasteiger partial charge >= 0.3 is 0 Å². The van der Waals surface area contributed by atoms with E-state index in [-0.39, 0.29) is 5.91 Å². The number of nitrogens with one attached hydrogen (secondary N) is 1. The van der Waals surface area contributed by atoms with Gasteiger partial charge in [0.05, 0.1) is 17.8 Å². The average molecular weight is 416 g/mol. The number of hydrogen-bond acceptors (Lipinski definition) is 5. The maximum absolute atomic E-state index is 12.5. The Bertz CT molecular complexity index is 1110. The summed E-state index contributed by atoms with van der Waals surface area (Å²) in [6.45, 7) is 5.31. The van der Waals surface area contributed by atoms with E-state index in [2.05, 4.69) is 15.6 Å². The lowest BCUT2D eigenvalue weighted by Crippen LogP contribution is -2.22. The number of nitrogens with zero attached hydrogens (tertiary/aromatic N) is 3. The van der Waals surface area contributed by atoms with E-state index in [9.17, 15) is 4.79 Å². The number of rotatable bonds is 8. The lowest BCUT2D eigenvalue weighted by molar-refractivity contribution is 0.0951. The van der Waals surface area contributed by atoms with E-state index in [1.807, 2.05) is 55.1 Å². The summed E-state index contributed by atoms with van der Waals surface area (Å²) >= 11 is 0. The van der Waals surface area contributed by atoms with Crippen LogP contribution in [0.5, 0.6) is 5.75 Å². The number of benzene rings is 2. The van der Waals surface area contributed by atoms with Gasteiger partial charge in [-0.3, -0.25) is 9.48 Å². The van der Waals surface area contributed by atoms with E-state index >= 15 is 0 Å². The highest BCUT2D eigenvalue weighted by Gasteiger charge is 2.10. The minimum atomic E-state index is -0.127. The van der Waals surface area contributed by atoms with Crippen molar-refractivity contribution in [2.75, 3.05) is 0 Å². The number of aryl methyl sites for hydroxylation is 2. The van der Waals surface area contributed by atoms with E-state index in [1.165, 1.54) is 0 Å². The van der Waals surface area contributed by atoms with Crippen LogP contribution in [0.15, 0.2) is 71.5 Å². The first-order valence-electron chi connectivity index (χ1n) is 10.1. The first-order chi connectivity index (χ1) is 15.1. The molecular formula is C24H24N4O3. The van der Waals surface area contributed by atoms with Crippen molar-refractivity contribution in [1.82, 2.24) is 20.3 Å². The monoisotopic (exact) mass is 416 g/mol. The lowest BCUT2D eigenvalue weighted by Gasteiger charge is -2.09. The van der Waals surface area contributed by atoms with Gasteiger partial charge in [-0.1, -0.05) is 29.4 Å². The normalized spacial score (nSPS) is 10.8. The SMILES string of the molecule is Cc1noc(C)c1COc1ccc(C(=O)NCc2ccc(Cn3cccn3)cc2)cc1. The fourth-order valence-electron chi connectivity index (χ4n) is 3.19. The zero-order valence-electron chi connectivity index (χ0n) is 17.5. The van der Waals surface area contributed by atoms with Crippen LogP contribution in [0.1, 0.15) is 38.5 Å². The van der Waals surface area contributed by atoms with Gasteiger partial charge < -0.3 is 14.6 Å². The van der Waals surface area contributed by atoms with E-state index in [0.717, 1.165) is 34.7 Å². The Morgan fingerprint density at radius 3 is 2.45 bits per heavy atom. The van der Waals surface area contributed by atoms with E-state index in [0.29, 0.717) is 24.5 Å². The maximum atomic E-state index is 12.5. The second kappa shape index (κ2) is 9.30. The molecule has 0 spiro atoms. The Labute approximate surface area is 180 Å². The molecule has 0 saturated heterocycles. The molecule has 0 aliphatic carbocycles. The summed E-state index contributed by atoms with van der Waals surface area (Å²) in [4.78, 5) is 12.5. The summed E-state index contributed by atoms with van der Waals surface area (Å²) in [6, 6.07) is 17.1. The first-order valence-corrected chi connectivity index (χ1v) is 10.1. The molecule has 2 aromatic heterocycles. The highest BCUT2D eigenvalue weighted by Crippen LogP contribution is 2.18. The highest BCUT2D eigenvalue weighted by molar-refractivity contribution is 5.94. The third kappa shape index (κ3) is 5.19. The molecule has 0 unspecified atom stereocenters. The van der Waals surface area contributed by atoms with Crippen LogP contribution in [0, 0.1) is 13.8 Å². The van der Waals surface area contributed by atoms with Gasteiger partial charge in [-0.25, -0.2) is 0 Å². The molecule has 0 bridgehead atoms. The number of aromatic nitrogens is 3. The van der Waals surface area contributed by atoms with Gasteiger partial charge in [0.25, 0.3) is 5.91 Å². The number of carbonyl (C=O) groups is 1. The van der Waals surface area contributed by atoms with Crippen LogP contribution in [-0.4, -0.2) is 20.8 Å². The molecule has 0 atom stereocenters. The van der Waals surface area contributed by atoms with Crippen molar-refractivity contribution in [3.8, 4) is 5.75 Å². The van der Waals surface area contributed by atoms with Gasteiger partial charge in [-0.15, -0.1) is 0 Å². The van der Waals surface area contributed by atoms with E-state index < -0.39 is 0 Å². The quantitative estimate of drug-likeness (QED) is 0.469. The summed E-state index contributed by atoms with van der Waals surface area (Å²) in [5, 5.41) is 11.1. The molecule has 0 aliphatic rings. The topological polar surface area (TPSA) is 82.2 Å². The summed E-state index contributed by atoms with van der Waals surface area (Å²) in [6.07, 6.45) is 3.70. The minimum absolute atomic E-state index is 0.127. The van der Waals surface area contributed by atoms with Crippen molar-refractivity contribution >= 4 is 5.91 Å². The summed E-state index contributed by atoms with van der Waals surface area (Å²) in [5.74, 6) is 1.31. The Balaban J connectivity index is 1.27. The standard InChI is InChI=1S/C24H24N4O3/c1-17-23(18(2)31-27-17)16-30-22-10-8-21(9-11-22)24(29)25-14-19-4-6-20(7-5-19)15-28-13-3-12-26-28/h3-13H,14-16H2,1-2H3,(H,25,29). The molecule has 7 heteroatoms. The van der Waals surface area contributed by atoms with Gasteiger partial charge in [-0.05, 0) is 55.3 Å². The number of ether oxygens (including phenoxy) is 1. The molecule has 31 heavy (non-hydrogen) atoms. The number of carbonyl (C=O) groups excluding carboxylic acids is 1. The van der Waals surface area contributed by atoms with Crippen molar-refractivity contribution < 1.29 is 14.1 Å². The van der Waals surface area contributed by atoms with Crippen molar-refractivity contribution in [2.24, 2.45) is 0 Å². The van der Waals surface area contributed by atoms with Crippen LogP contribution in [0.2, 0.25) is 0 Å². The zero-order chi connectivity index (χ0) is 21.6. The van der Waals surface area contributed by atoms with Crippen LogP contribution in [0.4, 0.5) is 0 Å². The van der Waals surface area contributed by atoms with Crippen molar-refractivity contribution in [3.05, 3.63) is 101 Å². The number of hydrogen-bond donors (Lipinski definition) is 1. The molecule has 0 saturated carbocycles. The molecule has 158 valence electrons. The molecule has 0 fully saturated rings. The van der Waals surface area contributed by atoms with Crippen LogP contribution in [0.25, 0.3) is 0 Å². The predicted octanol–water partition coefficient (Wildman–Crippen LogP) is 4.05. The Morgan fingerprint density at radius 2 is 1.81 bits per heavy atom. The molecular weight excluding hydrogens is 392 g/mol. The summed E-state index contributed by atoms with van der Waals surface area (Å²) in [7, 11) is 0. The minimum Gasteiger partial charge on any atom is -0.489 e. The van der Waals surface area contributed by atoms with E-state index in [4.69, 9.17) is 9.26 Å². The number of amides is 1. The highest BCUT2D eigenvalue weighted by atomic mass is 16.5. The molecule has 2 heterocycles. The largest absolute Gasteiger partial charge is 0.489 e. The molecule has 0 aliphatic heterocycles. The van der Waals surface area contributed by atoms with Gasteiger partial charge in [0, 0.05) is 24.5 Å². The predicted molar refractivity (Wildman–Crippen MR) is 116 cm³/mol. The molecule has 4 rings (SSSR count). The first kappa shape index (κ1) is 20.4. The third-order valence-electron chi connectivity index (χ3n) is 5.06. The van der Waals surface area contributed by atoms with Crippen LogP contribution in [-0.2, 0) is 19.7 Å². The van der Waals surface area contributed by atoms with Gasteiger partial charge in [0.15, 0.2) is 0 Å². The van der Waals surface area contributed by atoms with Crippen molar-refractivity contribution in [3.63, 3.8) is 0 Å². The van der Waals surface area contributed by atoms with Gasteiger partial charge in [-0.2, -0.15) is 5.10 Å². The Hall–Kier alpha value is -3.87.